The van der Waals surface area contributed by atoms with E-state index < -0.39 is 0 Å². The summed E-state index contributed by atoms with van der Waals surface area (Å²) in [6, 6.07) is 0. The van der Waals surface area contributed by atoms with Crippen LogP contribution >= 0.6 is 0 Å². The van der Waals surface area contributed by atoms with Crippen molar-refractivity contribution in [3.8, 4) is 0 Å². The fraction of sp³-hybridized carbons (Fsp3) is 0.706. The van der Waals surface area contributed by atoms with Crippen LogP contribution in [0.4, 0.5) is 5.95 Å². The van der Waals surface area contributed by atoms with Crippen molar-refractivity contribution in [2.24, 2.45) is 11.3 Å². The van der Waals surface area contributed by atoms with Gasteiger partial charge >= 0.3 is 0 Å². The second kappa shape index (κ2) is 5.74. The molecule has 1 spiro atoms. The van der Waals surface area contributed by atoms with Gasteiger partial charge in [0.05, 0.1) is 13.2 Å². The number of anilines is 1. The lowest BCUT2D eigenvalue weighted by molar-refractivity contribution is -0.137. The Balaban J connectivity index is 1.35. The predicted octanol–water partition coefficient (Wildman–Crippen LogP) is 1.25. The molecule has 6 heteroatoms. The van der Waals surface area contributed by atoms with Gasteiger partial charge in [-0.3, -0.25) is 4.79 Å². The monoisotopic (exact) mass is 316 g/mol. The summed E-state index contributed by atoms with van der Waals surface area (Å²) in [5.74, 6) is 1.41. The van der Waals surface area contributed by atoms with Crippen LogP contribution in [-0.2, 0) is 9.53 Å². The van der Waals surface area contributed by atoms with Gasteiger partial charge in [-0.15, -0.1) is 0 Å². The Labute approximate surface area is 136 Å². The molecule has 0 bridgehead atoms. The van der Waals surface area contributed by atoms with Gasteiger partial charge in [-0.25, -0.2) is 9.97 Å². The lowest BCUT2D eigenvalue weighted by Gasteiger charge is -2.34. The number of ether oxygens (including phenoxy) is 1. The van der Waals surface area contributed by atoms with Crippen molar-refractivity contribution in [3.63, 3.8) is 0 Å². The number of nitrogens with zero attached hydrogens (tertiary/aromatic N) is 4. The van der Waals surface area contributed by atoms with Crippen molar-refractivity contribution in [1.29, 1.82) is 0 Å². The molecule has 0 unspecified atom stereocenters. The third-order valence-corrected chi connectivity index (χ3v) is 5.62. The molecule has 0 radical (unpaired) electrons. The molecular weight excluding hydrogens is 292 g/mol. The van der Waals surface area contributed by atoms with Gasteiger partial charge in [0.2, 0.25) is 11.9 Å². The van der Waals surface area contributed by atoms with E-state index in [0.29, 0.717) is 19.1 Å². The van der Waals surface area contributed by atoms with Crippen LogP contribution in [-0.4, -0.2) is 60.2 Å². The Bertz CT molecular complexity index is 575. The minimum atomic E-state index is 0.238. The van der Waals surface area contributed by atoms with Gasteiger partial charge in [-0.05, 0) is 37.2 Å². The normalized spacial score (nSPS) is 26.4. The van der Waals surface area contributed by atoms with Gasteiger partial charge in [0.15, 0.2) is 0 Å². The SMILES string of the molecule is Cc1cnc(N2CCC3(CC2)C[C@@H]3C(=O)N2CCOCC2)nc1. The molecule has 0 N–H and O–H groups in total. The van der Waals surface area contributed by atoms with Crippen molar-refractivity contribution in [2.45, 2.75) is 26.2 Å². The number of carbonyl (C=O) groups is 1. The maximum absolute atomic E-state index is 12.7. The highest BCUT2D eigenvalue weighted by Gasteiger charge is 2.59. The third-order valence-electron chi connectivity index (χ3n) is 5.62. The first-order chi connectivity index (χ1) is 11.2. The second-order valence-corrected chi connectivity index (χ2v) is 7.10. The van der Waals surface area contributed by atoms with Crippen LogP contribution in [0.15, 0.2) is 12.4 Å². The summed E-state index contributed by atoms with van der Waals surface area (Å²) in [7, 11) is 0. The zero-order valence-corrected chi connectivity index (χ0v) is 13.7. The van der Waals surface area contributed by atoms with Crippen LogP contribution in [0, 0.1) is 18.3 Å². The van der Waals surface area contributed by atoms with E-state index in [1.807, 2.05) is 24.2 Å². The maximum atomic E-state index is 12.7. The molecule has 2 aliphatic heterocycles. The Morgan fingerprint density at radius 3 is 2.48 bits per heavy atom. The molecule has 1 saturated carbocycles. The molecule has 1 atom stereocenters. The van der Waals surface area contributed by atoms with E-state index >= 15 is 0 Å². The molecule has 2 saturated heterocycles. The van der Waals surface area contributed by atoms with E-state index in [0.717, 1.165) is 57.0 Å². The van der Waals surface area contributed by atoms with Crippen molar-refractivity contribution in [1.82, 2.24) is 14.9 Å². The van der Waals surface area contributed by atoms with Crippen molar-refractivity contribution in [3.05, 3.63) is 18.0 Å². The largest absolute Gasteiger partial charge is 0.378 e. The molecule has 3 aliphatic rings. The summed E-state index contributed by atoms with van der Waals surface area (Å²) in [4.78, 5) is 25.7. The zero-order valence-electron chi connectivity index (χ0n) is 13.7. The minimum Gasteiger partial charge on any atom is -0.378 e. The van der Waals surface area contributed by atoms with Gasteiger partial charge < -0.3 is 14.5 Å². The first-order valence-electron chi connectivity index (χ1n) is 8.58. The average molecular weight is 316 g/mol. The molecule has 4 rings (SSSR count). The summed E-state index contributed by atoms with van der Waals surface area (Å²) in [5, 5.41) is 0. The zero-order chi connectivity index (χ0) is 15.9. The van der Waals surface area contributed by atoms with Gasteiger partial charge in [-0.1, -0.05) is 0 Å². The summed E-state index contributed by atoms with van der Waals surface area (Å²) in [6.45, 7) is 6.80. The number of rotatable bonds is 2. The lowest BCUT2D eigenvalue weighted by atomic mass is 9.90. The Morgan fingerprint density at radius 1 is 1.17 bits per heavy atom. The van der Waals surface area contributed by atoms with E-state index in [2.05, 4.69) is 14.9 Å². The Kier molecular flexibility index (Phi) is 3.71. The number of aryl methyl sites for hydroxylation is 1. The van der Waals surface area contributed by atoms with Crippen LogP contribution in [0.5, 0.6) is 0 Å². The highest BCUT2D eigenvalue weighted by molar-refractivity contribution is 5.83. The second-order valence-electron chi connectivity index (χ2n) is 7.10. The number of aromatic nitrogens is 2. The van der Waals surface area contributed by atoms with Crippen molar-refractivity contribution >= 4 is 11.9 Å². The molecule has 3 fully saturated rings. The summed E-state index contributed by atoms with van der Waals surface area (Å²) >= 11 is 0. The van der Waals surface area contributed by atoms with Crippen LogP contribution in [0.2, 0.25) is 0 Å². The fourth-order valence-electron chi connectivity index (χ4n) is 3.95. The van der Waals surface area contributed by atoms with Crippen LogP contribution in [0.3, 0.4) is 0 Å². The van der Waals surface area contributed by atoms with Gasteiger partial charge in [-0.2, -0.15) is 0 Å². The number of morpholine rings is 1. The molecule has 1 aromatic rings. The smallest absolute Gasteiger partial charge is 0.226 e. The molecule has 1 aromatic heterocycles. The lowest BCUT2D eigenvalue weighted by Crippen LogP contribution is -2.43. The molecule has 3 heterocycles. The number of carbonyl (C=O) groups excluding carboxylic acids is 1. The van der Waals surface area contributed by atoms with E-state index in [4.69, 9.17) is 4.74 Å². The van der Waals surface area contributed by atoms with E-state index in [1.165, 1.54) is 0 Å². The molecule has 0 aromatic carbocycles. The molecular formula is C17H24N4O2. The topological polar surface area (TPSA) is 58.6 Å². The first kappa shape index (κ1) is 14.9. The highest BCUT2D eigenvalue weighted by atomic mass is 16.5. The van der Waals surface area contributed by atoms with E-state index in [-0.39, 0.29) is 11.3 Å². The van der Waals surface area contributed by atoms with Gasteiger partial charge in [0.1, 0.15) is 0 Å². The Hall–Kier alpha value is -1.69. The van der Waals surface area contributed by atoms with Gasteiger partial charge in [0, 0.05) is 44.5 Å². The highest BCUT2D eigenvalue weighted by Crippen LogP contribution is 2.60. The molecule has 124 valence electrons. The number of hydrogen-bond donors (Lipinski definition) is 0. The fourth-order valence-corrected chi connectivity index (χ4v) is 3.95. The van der Waals surface area contributed by atoms with Crippen LogP contribution < -0.4 is 4.90 Å². The standard InChI is InChI=1S/C17H24N4O2/c1-13-11-18-16(19-12-13)21-4-2-17(3-5-21)10-14(17)15(22)20-6-8-23-9-7-20/h11-12,14H,2-10H2,1H3/t14-/m1/s1. The minimum absolute atomic E-state index is 0.238. The predicted molar refractivity (Wildman–Crippen MR) is 86.2 cm³/mol. The number of piperidine rings is 1. The summed E-state index contributed by atoms with van der Waals surface area (Å²) in [6.07, 6.45) is 6.95. The molecule has 1 aliphatic carbocycles. The summed E-state index contributed by atoms with van der Waals surface area (Å²) in [5.41, 5.74) is 1.33. The molecule has 6 nitrogen and oxygen atoms in total. The van der Waals surface area contributed by atoms with Crippen molar-refractivity contribution in [2.75, 3.05) is 44.3 Å². The van der Waals surface area contributed by atoms with Crippen LogP contribution in [0.1, 0.15) is 24.8 Å². The third kappa shape index (κ3) is 2.80. The number of amides is 1. The molecule has 23 heavy (non-hydrogen) atoms. The average Bonchev–Trinajstić information content (AvgIpc) is 3.30. The quantitative estimate of drug-likeness (QED) is 0.822. The van der Waals surface area contributed by atoms with E-state index in [9.17, 15) is 4.79 Å². The Morgan fingerprint density at radius 2 is 1.83 bits per heavy atom. The van der Waals surface area contributed by atoms with Crippen LogP contribution in [0.25, 0.3) is 0 Å². The van der Waals surface area contributed by atoms with Gasteiger partial charge in [0.25, 0.3) is 0 Å². The van der Waals surface area contributed by atoms with E-state index in [1.54, 1.807) is 0 Å². The summed E-state index contributed by atoms with van der Waals surface area (Å²) < 4.78 is 5.34. The number of hydrogen-bond acceptors (Lipinski definition) is 5. The maximum Gasteiger partial charge on any atom is 0.226 e. The first-order valence-corrected chi connectivity index (χ1v) is 8.58. The van der Waals surface area contributed by atoms with Crippen molar-refractivity contribution < 1.29 is 9.53 Å². The molecule has 1 amide bonds.